The van der Waals surface area contributed by atoms with Crippen molar-refractivity contribution >= 4 is 39.5 Å². The lowest BCUT2D eigenvalue weighted by Gasteiger charge is -2.21. The summed E-state index contributed by atoms with van der Waals surface area (Å²) in [4.78, 5) is 72.3. The van der Waals surface area contributed by atoms with Gasteiger partial charge in [0.15, 0.2) is 12.2 Å². The first kappa shape index (κ1) is 87.1. The summed E-state index contributed by atoms with van der Waals surface area (Å²) >= 11 is 0. The lowest BCUT2D eigenvalue weighted by molar-refractivity contribution is -0.161. The molecule has 17 nitrogen and oxygen atoms in total. The first-order valence-corrected chi connectivity index (χ1v) is 39.5. The highest BCUT2D eigenvalue weighted by molar-refractivity contribution is 7.47. The van der Waals surface area contributed by atoms with Gasteiger partial charge in [0.25, 0.3) is 0 Å². The molecule has 0 aliphatic heterocycles. The van der Waals surface area contributed by atoms with Crippen molar-refractivity contribution in [1.82, 2.24) is 0 Å². The molecule has 0 amide bonds. The van der Waals surface area contributed by atoms with Gasteiger partial charge in [-0.05, 0) is 37.5 Å². The van der Waals surface area contributed by atoms with Crippen LogP contribution < -0.4 is 0 Å². The lowest BCUT2D eigenvalue weighted by atomic mass is 10.0. The average molecular weight is 1310 g/mol. The van der Waals surface area contributed by atoms with E-state index >= 15 is 0 Å². The second-order valence-electron chi connectivity index (χ2n) is 26.2. The fraction of sp³-hybridized carbons (Fsp3) is 0.943. The molecule has 0 spiro atoms. The molecule has 5 atom stereocenters. The minimum Gasteiger partial charge on any atom is -0.462 e. The number of unbranched alkanes of at least 4 members (excludes halogenated alkanes) is 39. The van der Waals surface area contributed by atoms with E-state index in [2.05, 4.69) is 41.5 Å². The van der Waals surface area contributed by atoms with Crippen LogP contribution in [0.4, 0.5) is 0 Å². The topological polar surface area (TPSA) is 237 Å². The van der Waals surface area contributed by atoms with Crippen molar-refractivity contribution < 1.29 is 80.2 Å². The third-order valence-electron chi connectivity index (χ3n) is 16.2. The van der Waals surface area contributed by atoms with Gasteiger partial charge in [-0.1, -0.05) is 305 Å². The Morgan fingerprint density at radius 1 is 0.303 bits per heavy atom. The molecule has 0 aromatic carbocycles. The molecule has 0 aromatic rings. The second kappa shape index (κ2) is 62.2. The molecule has 0 aromatic heterocycles. The highest BCUT2D eigenvalue weighted by Gasteiger charge is 2.30. The second-order valence-corrected chi connectivity index (χ2v) is 29.1. The maximum absolute atomic E-state index is 13.0. The van der Waals surface area contributed by atoms with E-state index in [4.69, 9.17) is 37.0 Å². The van der Waals surface area contributed by atoms with Crippen molar-refractivity contribution in [2.75, 3.05) is 39.6 Å². The number of phosphoric acid groups is 2. The van der Waals surface area contributed by atoms with Crippen LogP contribution in [0.2, 0.25) is 0 Å². The van der Waals surface area contributed by atoms with Crippen LogP contribution in [0.5, 0.6) is 0 Å². The largest absolute Gasteiger partial charge is 0.472 e. The molecule has 0 aliphatic carbocycles. The lowest BCUT2D eigenvalue weighted by Crippen LogP contribution is -2.30. The number of aliphatic hydroxyl groups excluding tert-OH is 1. The van der Waals surface area contributed by atoms with E-state index in [1.165, 1.54) is 167 Å². The summed E-state index contributed by atoms with van der Waals surface area (Å²) in [6.07, 6.45) is 47.6. The molecule has 19 heteroatoms. The van der Waals surface area contributed by atoms with E-state index in [0.717, 1.165) is 108 Å². The van der Waals surface area contributed by atoms with E-state index in [-0.39, 0.29) is 25.7 Å². The van der Waals surface area contributed by atoms with Gasteiger partial charge in [0.1, 0.15) is 19.3 Å². The zero-order valence-electron chi connectivity index (χ0n) is 57.7. The van der Waals surface area contributed by atoms with E-state index in [1.807, 2.05) is 0 Å². The van der Waals surface area contributed by atoms with Crippen molar-refractivity contribution in [3.05, 3.63) is 0 Å². The minimum atomic E-state index is -4.95. The van der Waals surface area contributed by atoms with Gasteiger partial charge in [-0.25, -0.2) is 9.13 Å². The average Bonchev–Trinajstić information content (AvgIpc) is 3.56. The molecule has 0 bridgehead atoms. The highest BCUT2D eigenvalue weighted by Crippen LogP contribution is 2.45. The van der Waals surface area contributed by atoms with Crippen LogP contribution >= 0.6 is 15.6 Å². The van der Waals surface area contributed by atoms with Gasteiger partial charge >= 0.3 is 39.5 Å². The van der Waals surface area contributed by atoms with E-state index in [1.54, 1.807) is 0 Å². The maximum atomic E-state index is 13.0. The van der Waals surface area contributed by atoms with Crippen molar-refractivity contribution in [2.24, 2.45) is 11.8 Å². The highest BCUT2D eigenvalue weighted by atomic mass is 31.2. The quantitative estimate of drug-likeness (QED) is 0.0222. The molecule has 3 N–H and O–H groups in total. The van der Waals surface area contributed by atoms with Crippen molar-refractivity contribution in [2.45, 2.75) is 374 Å². The van der Waals surface area contributed by atoms with Crippen molar-refractivity contribution in [3.63, 3.8) is 0 Å². The Labute approximate surface area is 543 Å². The smallest absolute Gasteiger partial charge is 0.462 e. The summed E-state index contributed by atoms with van der Waals surface area (Å²) in [5.74, 6) is -0.589. The fourth-order valence-electron chi connectivity index (χ4n) is 10.6. The standard InChI is InChI=1S/C70H136O17P2/c1-7-9-11-13-14-15-16-21-25-30-35-41-47-53-68(73)81-59-66(87-69(74)54-48-42-36-31-26-23-20-18-17-19-22-24-28-33-39-44-50-62(3)4)61-85-89(78,79)83-57-64(71)56-82-88(76,77)84-60-65(58-80-67(72)52-46-38-12-10-8-2)86-70(75)55-49-43-37-32-27-29-34-40-45-51-63(5)6/h62-66,71H,7-61H2,1-6H3,(H,76,77)(H,78,79)/t64-,65+,66+/m0/s1. The molecule has 0 rings (SSSR count). The number of carbonyl (C=O) groups excluding carboxylic acids is 4. The Morgan fingerprint density at radius 2 is 0.517 bits per heavy atom. The van der Waals surface area contributed by atoms with Crippen LogP contribution in [0.1, 0.15) is 356 Å². The zero-order valence-corrected chi connectivity index (χ0v) is 59.5. The fourth-order valence-corrected chi connectivity index (χ4v) is 12.2. The predicted molar refractivity (Wildman–Crippen MR) is 358 cm³/mol. The van der Waals surface area contributed by atoms with Crippen molar-refractivity contribution in [1.29, 1.82) is 0 Å². The summed E-state index contributed by atoms with van der Waals surface area (Å²) < 4.78 is 68.1. The molecule has 0 fully saturated rings. The van der Waals surface area contributed by atoms with E-state index in [0.29, 0.717) is 25.7 Å². The van der Waals surface area contributed by atoms with E-state index in [9.17, 15) is 43.2 Å². The first-order valence-electron chi connectivity index (χ1n) is 36.5. The van der Waals surface area contributed by atoms with Crippen molar-refractivity contribution in [3.8, 4) is 0 Å². The summed E-state index contributed by atoms with van der Waals surface area (Å²) in [6, 6.07) is 0. The Bertz CT molecular complexity index is 1730. The minimum absolute atomic E-state index is 0.104. The third kappa shape index (κ3) is 64.6. The number of carbonyl (C=O) groups is 4. The molecule has 528 valence electrons. The van der Waals surface area contributed by atoms with Crippen LogP contribution in [-0.2, 0) is 65.4 Å². The van der Waals surface area contributed by atoms with Crippen LogP contribution in [0.3, 0.4) is 0 Å². The van der Waals surface area contributed by atoms with Gasteiger partial charge in [-0.15, -0.1) is 0 Å². The number of rotatable bonds is 69. The first-order chi connectivity index (χ1) is 42.9. The molecule has 0 aliphatic rings. The molecule has 2 unspecified atom stereocenters. The molecular formula is C70H136O17P2. The van der Waals surface area contributed by atoms with Gasteiger partial charge in [0, 0.05) is 25.7 Å². The number of phosphoric ester groups is 2. The number of hydrogen-bond acceptors (Lipinski definition) is 15. The van der Waals surface area contributed by atoms with E-state index < -0.39 is 97.5 Å². The van der Waals surface area contributed by atoms with Crippen LogP contribution in [0.25, 0.3) is 0 Å². The Kier molecular flexibility index (Phi) is 60.8. The third-order valence-corrected chi connectivity index (χ3v) is 18.1. The normalized spacial score (nSPS) is 14.1. The van der Waals surface area contributed by atoms with Gasteiger partial charge in [0.05, 0.1) is 26.4 Å². The summed E-state index contributed by atoms with van der Waals surface area (Å²) in [5.41, 5.74) is 0. The molecule has 0 heterocycles. The predicted octanol–water partition coefficient (Wildman–Crippen LogP) is 20.0. The molecule has 0 saturated heterocycles. The van der Waals surface area contributed by atoms with Gasteiger partial charge < -0.3 is 33.8 Å². The monoisotopic (exact) mass is 1310 g/mol. The molecule has 0 radical (unpaired) electrons. The van der Waals surface area contributed by atoms with Crippen LogP contribution in [-0.4, -0.2) is 96.7 Å². The molecule has 89 heavy (non-hydrogen) atoms. The summed E-state index contributed by atoms with van der Waals surface area (Å²) in [6.45, 7) is 9.47. The summed E-state index contributed by atoms with van der Waals surface area (Å²) in [5, 5.41) is 10.6. The van der Waals surface area contributed by atoms with Gasteiger partial charge in [-0.2, -0.15) is 0 Å². The molecule has 0 saturated carbocycles. The number of aliphatic hydroxyl groups is 1. The number of hydrogen-bond donors (Lipinski definition) is 3. The Hall–Kier alpha value is -1.94. The van der Waals surface area contributed by atoms with Crippen LogP contribution in [0.15, 0.2) is 0 Å². The van der Waals surface area contributed by atoms with Crippen LogP contribution in [0, 0.1) is 11.8 Å². The maximum Gasteiger partial charge on any atom is 0.472 e. The Morgan fingerprint density at radius 3 is 0.764 bits per heavy atom. The van der Waals surface area contributed by atoms with Gasteiger partial charge in [0.2, 0.25) is 0 Å². The number of ether oxygens (including phenoxy) is 4. The summed E-state index contributed by atoms with van der Waals surface area (Å²) in [7, 11) is -9.89. The number of esters is 4. The zero-order chi connectivity index (χ0) is 65.7. The van der Waals surface area contributed by atoms with Gasteiger partial charge in [-0.3, -0.25) is 37.3 Å². The SMILES string of the molecule is CCCCCCCCCCCCCCCC(=O)OC[C@H](COP(=O)(O)OC[C@@H](O)COP(=O)(O)OC[C@@H](COC(=O)CCCCCCC)OC(=O)CCCCCCCCCCCC(C)C)OC(=O)CCCCCCCCCCCCCCCCCCC(C)C. The molecular weight excluding hydrogens is 1170 g/mol. The Balaban J connectivity index is 5.14.